The molecule has 1 amide bonds. The first-order valence-electron chi connectivity index (χ1n) is 9.04. The number of amides is 1. The van der Waals surface area contributed by atoms with Crippen molar-refractivity contribution >= 4 is 21.6 Å². The zero-order valence-corrected chi connectivity index (χ0v) is 16.3. The predicted molar refractivity (Wildman–Crippen MR) is 103 cm³/mol. The van der Waals surface area contributed by atoms with Crippen LogP contribution < -0.4 is 4.90 Å². The molecule has 0 N–H and O–H groups in total. The van der Waals surface area contributed by atoms with Crippen molar-refractivity contribution in [1.82, 2.24) is 4.31 Å². The lowest BCUT2D eigenvalue weighted by atomic mass is 10.1. The van der Waals surface area contributed by atoms with Crippen LogP contribution >= 0.6 is 0 Å². The summed E-state index contributed by atoms with van der Waals surface area (Å²) in [6.07, 6.45) is 0.711. The lowest BCUT2D eigenvalue weighted by Gasteiger charge is -2.20. The molecule has 7 heteroatoms. The quantitative estimate of drug-likeness (QED) is 0.762. The molecule has 0 spiro atoms. The number of rotatable bonds is 6. The molecule has 1 aliphatic heterocycles. The van der Waals surface area contributed by atoms with Crippen LogP contribution in [0.15, 0.2) is 47.4 Å². The molecule has 3 rings (SSSR count). The van der Waals surface area contributed by atoms with E-state index in [0.717, 1.165) is 11.3 Å². The van der Waals surface area contributed by atoms with Crippen LogP contribution in [0.2, 0.25) is 0 Å². The minimum Gasteiger partial charge on any atom is -0.312 e. The van der Waals surface area contributed by atoms with E-state index in [0.29, 0.717) is 31.6 Å². The highest BCUT2D eigenvalue weighted by Gasteiger charge is 2.28. The van der Waals surface area contributed by atoms with Crippen molar-refractivity contribution in [1.29, 1.82) is 0 Å². The van der Waals surface area contributed by atoms with Gasteiger partial charge in [-0.15, -0.1) is 0 Å². The van der Waals surface area contributed by atoms with Gasteiger partial charge in [-0.05, 0) is 47.9 Å². The fourth-order valence-electron chi connectivity index (χ4n) is 3.43. The number of carbonyl (C=O) groups is 1. The summed E-state index contributed by atoms with van der Waals surface area (Å²) in [6.45, 7) is 4.93. The Balaban J connectivity index is 1.83. The Morgan fingerprint density at radius 1 is 1.15 bits per heavy atom. The zero-order valence-electron chi connectivity index (χ0n) is 15.5. The monoisotopic (exact) mass is 390 g/mol. The van der Waals surface area contributed by atoms with Crippen LogP contribution in [0.4, 0.5) is 10.1 Å². The number of nitrogens with zero attached hydrogens (tertiary/aromatic N) is 2. The minimum absolute atomic E-state index is 0.108. The normalized spacial score (nSPS) is 13.9. The number of halogens is 1. The van der Waals surface area contributed by atoms with E-state index in [1.54, 1.807) is 49.1 Å². The largest absolute Gasteiger partial charge is 0.312 e. The Morgan fingerprint density at radius 3 is 2.56 bits per heavy atom. The SMILES string of the molecule is CCN(CC)S(=O)(=O)c1ccc2c(c1)CCN2C(=O)Cc1cccc(F)c1. The summed E-state index contributed by atoms with van der Waals surface area (Å²) < 4.78 is 40.1. The van der Waals surface area contributed by atoms with E-state index < -0.39 is 10.0 Å². The third kappa shape index (κ3) is 3.89. The van der Waals surface area contributed by atoms with Crippen LogP contribution in [-0.4, -0.2) is 38.3 Å². The van der Waals surface area contributed by atoms with Crippen molar-refractivity contribution in [2.75, 3.05) is 24.5 Å². The Bertz CT molecular complexity index is 955. The summed E-state index contributed by atoms with van der Waals surface area (Å²) in [5.41, 5.74) is 2.19. The molecule has 27 heavy (non-hydrogen) atoms. The fourth-order valence-corrected chi connectivity index (χ4v) is 4.94. The van der Waals surface area contributed by atoms with Crippen LogP contribution in [0.25, 0.3) is 0 Å². The highest BCUT2D eigenvalue weighted by Crippen LogP contribution is 2.31. The van der Waals surface area contributed by atoms with Crippen molar-refractivity contribution in [2.24, 2.45) is 0 Å². The molecule has 0 atom stereocenters. The molecule has 0 saturated heterocycles. The second-order valence-corrected chi connectivity index (χ2v) is 8.42. The second kappa shape index (κ2) is 7.78. The van der Waals surface area contributed by atoms with Gasteiger partial charge in [-0.3, -0.25) is 4.79 Å². The number of anilines is 1. The standard InChI is InChI=1S/C20H23FN2O3S/c1-3-22(4-2)27(25,26)18-8-9-19-16(14-18)10-11-23(19)20(24)13-15-6-5-7-17(21)12-15/h5-9,12,14H,3-4,10-11,13H2,1-2H3. The number of sulfonamides is 1. The Hall–Kier alpha value is -2.25. The van der Waals surface area contributed by atoms with Crippen LogP contribution in [0.3, 0.4) is 0 Å². The van der Waals surface area contributed by atoms with Crippen LogP contribution in [-0.2, 0) is 27.7 Å². The second-order valence-electron chi connectivity index (χ2n) is 6.48. The van der Waals surface area contributed by atoms with E-state index >= 15 is 0 Å². The molecule has 2 aromatic rings. The summed E-state index contributed by atoms with van der Waals surface area (Å²) in [5, 5.41) is 0. The van der Waals surface area contributed by atoms with Gasteiger partial charge in [0.25, 0.3) is 0 Å². The highest BCUT2D eigenvalue weighted by atomic mass is 32.2. The maximum absolute atomic E-state index is 13.3. The first-order chi connectivity index (χ1) is 12.9. The third-order valence-corrected chi connectivity index (χ3v) is 6.88. The van der Waals surface area contributed by atoms with Gasteiger partial charge in [0.15, 0.2) is 0 Å². The molecular weight excluding hydrogens is 367 g/mol. The molecule has 144 valence electrons. The summed E-state index contributed by atoms with van der Waals surface area (Å²) in [4.78, 5) is 14.5. The van der Waals surface area contributed by atoms with Gasteiger partial charge in [0.1, 0.15) is 5.82 Å². The van der Waals surface area contributed by atoms with Crippen molar-refractivity contribution < 1.29 is 17.6 Å². The Morgan fingerprint density at radius 2 is 1.89 bits per heavy atom. The van der Waals surface area contributed by atoms with Crippen molar-refractivity contribution in [3.63, 3.8) is 0 Å². The Kier molecular flexibility index (Phi) is 5.62. The van der Waals surface area contributed by atoms with E-state index in [1.807, 2.05) is 0 Å². The lowest BCUT2D eigenvalue weighted by molar-refractivity contribution is -0.117. The number of benzene rings is 2. The molecule has 2 aromatic carbocycles. The first-order valence-corrected chi connectivity index (χ1v) is 10.5. The molecule has 0 aliphatic carbocycles. The Labute approximate surface area is 159 Å². The van der Waals surface area contributed by atoms with Crippen LogP contribution in [0.5, 0.6) is 0 Å². The average Bonchev–Trinajstić information content (AvgIpc) is 3.06. The topological polar surface area (TPSA) is 57.7 Å². The van der Waals surface area contributed by atoms with Crippen LogP contribution in [0, 0.1) is 5.82 Å². The van der Waals surface area contributed by atoms with Gasteiger partial charge in [-0.1, -0.05) is 26.0 Å². The molecule has 0 unspecified atom stereocenters. The fraction of sp³-hybridized carbons (Fsp3) is 0.350. The van der Waals surface area contributed by atoms with Gasteiger partial charge in [0.05, 0.1) is 11.3 Å². The first kappa shape index (κ1) is 19.5. The van der Waals surface area contributed by atoms with Crippen molar-refractivity contribution in [3.05, 3.63) is 59.4 Å². The van der Waals surface area contributed by atoms with Gasteiger partial charge in [0, 0.05) is 25.3 Å². The zero-order chi connectivity index (χ0) is 19.6. The smallest absolute Gasteiger partial charge is 0.243 e. The minimum atomic E-state index is -3.53. The predicted octanol–water partition coefficient (Wildman–Crippen LogP) is 2.99. The van der Waals surface area contributed by atoms with Crippen LogP contribution in [0.1, 0.15) is 25.0 Å². The summed E-state index contributed by atoms with van der Waals surface area (Å²) in [7, 11) is -3.53. The van der Waals surface area contributed by atoms with E-state index in [-0.39, 0.29) is 23.0 Å². The van der Waals surface area contributed by atoms with Crippen molar-refractivity contribution in [3.8, 4) is 0 Å². The van der Waals surface area contributed by atoms with Crippen molar-refractivity contribution in [2.45, 2.75) is 31.6 Å². The molecule has 0 radical (unpaired) electrons. The molecule has 1 aliphatic rings. The van der Waals surface area contributed by atoms with Gasteiger partial charge >= 0.3 is 0 Å². The lowest BCUT2D eigenvalue weighted by Crippen LogP contribution is -2.31. The molecular formula is C20H23FN2O3S. The summed E-state index contributed by atoms with van der Waals surface area (Å²) in [5.74, 6) is -0.493. The van der Waals surface area contributed by atoms with Gasteiger partial charge < -0.3 is 4.90 Å². The maximum atomic E-state index is 13.3. The maximum Gasteiger partial charge on any atom is 0.243 e. The summed E-state index contributed by atoms with van der Waals surface area (Å²) >= 11 is 0. The summed E-state index contributed by atoms with van der Waals surface area (Å²) in [6, 6.07) is 10.9. The van der Waals surface area contributed by atoms with Gasteiger partial charge in [-0.25, -0.2) is 12.8 Å². The molecule has 5 nitrogen and oxygen atoms in total. The van der Waals surface area contributed by atoms with Gasteiger partial charge in [-0.2, -0.15) is 4.31 Å². The highest BCUT2D eigenvalue weighted by molar-refractivity contribution is 7.89. The number of hydrogen-bond acceptors (Lipinski definition) is 3. The van der Waals surface area contributed by atoms with E-state index in [1.165, 1.54) is 16.4 Å². The number of carbonyl (C=O) groups excluding carboxylic acids is 1. The third-order valence-electron chi connectivity index (χ3n) is 4.84. The molecule has 0 bridgehead atoms. The van der Waals surface area contributed by atoms with Gasteiger partial charge in [0.2, 0.25) is 15.9 Å². The van der Waals surface area contributed by atoms with E-state index in [2.05, 4.69) is 0 Å². The molecule has 0 aromatic heterocycles. The van der Waals surface area contributed by atoms with E-state index in [9.17, 15) is 17.6 Å². The number of hydrogen-bond donors (Lipinski definition) is 0. The molecule has 1 heterocycles. The number of fused-ring (bicyclic) bond motifs is 1. The molecule has 0 fully saturated rings. The van der Waals surface area contributed by atoms with E-state index in [4.69, 9.17) is 0 Å². The average molecular weight is 390 g/mol. The molecule has 0 saturated carbocycles.